The molecule has 20 heavy (non-hydrogen) atoms. The Morgan fingerprint density at radius 2 is 2.05 bits per heavy atom. The van der Waals surface area contributed by atoms with E-state index >= 15 is 0 Å². The predicted octanol–water partition coefficient (Wildman–Crippen LogP) is 2.62. The normalized spacial score (nSPS) is 15.9. The van der Waals surface area contributed by atoms with Crippen LogP contribution in [0.25, 0.3) is 0 Å². The Morgan fingerprint density at radius 3 is 2.70 bits per heavy atom. The first-order valence-electron chi connectivity index (χ1n) is 6.86. The molecule has 104 valence electrons. The molecule has 0 bridgehead atoms. The summed E-state index contributed by atoms with van der Waals surface area (Å²) in [7, 11) is 1.88. The summed E-state index contributed by atoms with van der Waals surface area (Å²) in [5, 5.41) is 4.51. The number of para-hydroxylation sites is 1. The van der Waals surface area contributed by atoms with Crippen LogP contribution in [-0.2, 0) is 23.7 Å². The van der Waals surface area contributed by atoms with E-state index in [2.05, 4.69) is 12.0 Å². The van der Waals surface area contributed by atoms with Crippen molar-refractivity contribution in [1.82, 2.24) is 9.78 Å². The van der Waals surface area contributed by atoms with Crippen molar-refractivity contribution in [3.05, 3.63) is 47.8 Å². The number of hydrogen-bond donors (Lipinski definition) is 0. The highest BCUT2D eigenvalue weighted by Gasteiger charge is 2.41. The lowest BCUT2D eigenvalue weighted by Gasteiger charge is -2.03. The monoisotopic (exact) mass is 270 g/mol. The molecule has 1 aliphatic carbocycles. The van der Waals surface area contributed by atoms with Crippen molar-refractivity contribution >= 4 is 5.97 Å². The summed E-state index contributed by atoms with van der Waals surface area (Å²) in [4.78, 5) is 11.9. The second-order valence-corrected chi connectivity index (χ2v) is 5.67. The second kappa shape index (κ2) is 4.78. The lowest BCUT2D eigenvalue weighted by Crippen LogP contribution is -2.13. The van der Waals surface area contributed by atoms with Crippen molar-refractivity contribution < 1.29 is 9.53 Å². The molecule has 1 saturated carbocycles. The highest BCUT2D eigenvalue weighted by molar-refractivity contribution is 5.74. The summed E-state index contributed by atoms with van der Waals surface area (Å²) in [5.74, 6) is 0.320. The van der Waals surface area contributed by atoms with Crippen molar-refractivity contribution in [3.63, 3.8) is 0 Å². The fraction of sp³-hybridized carbons (Fsp3) is 0.375. The second-order valence-electron chi connectivity index (χ2n) is 5.67. The number of carbonyl (C=O) groups excluding carboxylic acids is 1. The summed E-state index contributed by atoms with van der Waals surface area (Å²) < 4.78 is 7.09. The van der Waals surface area contributed by atoms with E-state index in [1.54, 1.807) is 16.8 Å². The molecule has 0 amide bonds. The minimum Gasteiger partial charge on any atom is -0.426 e. The van der Waals surface area contributed by atoms with Gasteiger partial charge in [0.25, 0.3) is 0 Å². The summed E-state index contributed by atoms with van der Waals surface area (Å²) in [5.41, 5.74) is 2.20. The molecule has 1 aromatic carbocycles. The largest absolute Gasteiger partial charge is 0.426 e. The van der Waals surface area contributed by atoms with Gasteiger partial charge >= 0.3 is 5.97 Å². The number of ether oxygens (including phenoxy) is 1. The van der Waals surface area contributed by atoms with Gasteiger partial charge in [-0.05, 0) is 31.0 Å². The molecule has 1 fully saturated rings. The van der Waals surface area contributed by atoms with Crippen LogP contribution in [-0.4, -0.2) is 15.7 Å². The quantitative estimate of drug-likeness (QED) is 0.633. The molecule has 0 aliphatic heterocycles. The molecule has 0 N–H and O–H groups in total. The zero-order valence-electron chi connectivity index (χ0n) is 11.8. The van der Waals surface area contributed by atoms with Crippen molar-refractivity contribution in [2.75, 3.05) is 0 Å². The number of carbonyl (C=O) groups is 1. The molecule has 1 aliphatic rings. The molecule has 0 radical (unpaired) electrons. The Kier molecular flexibility index (Phi) is 3.08. The van der Waals surface area contributed by atoms with Crippen molar-refractivity contribution in [1.29, 1.82) is 0 Å². The van der Waals surface area contributed by atoms with Gasteiger partial charge < -0.3 is 4.74 Å². The molecule has 0 spiro atoms. The van der Waals surface area contributed by atoms with Crippen LogP contribution in [0.2, 0.25) is 0 Å². The van der Waals surface area contributed by atoms with E-state index in [0.717, 1.165) is 11.4 Å². The number of rotatable bonds is 4. The van der Waals surface area contributed by atoms with Gasteiger partial charge in [0.1, 0.15) is 5.75 Å². The number of benzene rings is 1. The van der Waals surface area contributed by atoms with Crippen LogP contribution < -0.4 is 4.74 Å². The summed E-state index contributed by atoms with van der Waals surface area (Å²) >= 11 is 0. The zero-order chi connectivity index (χ0) is 14.2. The molecule has 4 nitrogen and oxygen atoms in total. The van der Waals surface area contributed by atoms with Crippen LogP contribution in [0.3, 0.4) is 0 Å². The molecule has 1 aromatic heterocycles. The molecular formula is C16H18N2O2. The van der Waals surface area contributed by atoms with Crippen molar-refractivity contribution in [3.8, 4) is 5.75 Å². The Bertz CT molecular complexity index is 627. The molecule has 0 atom stereocenters. The van der Waals surface area contributed by atoms with E-state index in [0.29, 0.717) is 5.75 Å². The van der Waals surface area contributed by atoms with Gasteiger partial charge in [-0.15, -0.1) is 0 Å². The average molecular weight is 270 g/mol. The third kappa shape index (κ3) is 2.59. The van der Waals surface area contributed by atoms with Gasteiger partial charge in [0.05, 0.1) is 12.1 Å². The molecular weight excluding hydrogens is 252 g/mol. The van der Waals surface area contributed by atoms with Gasteiger partial charge in [0.15, 0.2) is 0 Å². The Labute approximate surface area is 118 Å². The minimum absolute atomic E-state index is 0.222. The third-order valence-corrected chi connectivity index (χ3v) is 3.90. The van der Waals surface area contributed by atoms with Crippen LogP contribution >= 0.6 is 0 Å². The third-order valence-electron chi connectivity index (χ3n) is 3.90. The smallest absolute Gasteiger partial charge is 0.317 e. The zero-order valence-corrected chi connectivity index (χ0v) is 11.8. The van der Waals surface area contributed by atoms with Gasteiger partial charge in [-0.3, -0.25) is 9.48 Å². The predicted molar refractivity (Wildman–Crippen MR) is 75.6 cm³/mol. The van der Waals surface area contributed by atoms with E-state index in [1.807, 2.05) is 31.3 Å². The van der Waals surface area contributed by atoms with E-state index in [4.69, 9.17) is 4.74 Å². The van der Waals surface area contributed by atoms with E-state index in [1.165, 1.54) is 12.8 Å². The fourth-order valence-electron chi connectivity index (χ4n) is 2.21. The lowest BCUT2D eigenvalue weighted by molar-refractivity contribution is -0.133. The van der Waals surface area contributed by atoms with Gasteiger partial charge in [-0.25, -0.2) is 0 Å². The number of nitrogens with zero attached hydrogens (tertiary/aromatic N) is 2. The van der Waals surface area contributed by atoms with Crippen molar-refractivity contribution in [2.45, 2.75) is 31.6 Å². The topological polar surface area (TPSA) is 44.1 Å². The van der Waals surface area contributed by atoms with Crippen LogP contribution in [0, 0.1) is 0 Å². The minimum atomic E-state index is -0.258. The molecule has 4 heteroatoms. The number of hydrogen-bond acceptors (Lipinski definition) is 3. The van der Waals surface area contributed by atoms with Gasteiger partial charge in [-0.2, -0.15) is 5.10 Å². The molecule has 1 heterocycles. The maximum atomic E-state index is 11.9. The highest BCUT2D eigenvalue weighted by Crippen LogP contribution is 2.46. The molecule has 0 saturated heterocycles. The fourth-order valence-corrected chi connectivity index (χ4v) is 2.21. The van der Waals surface area contributed by atoms with Crippen LogP contribution in [0.1, 0.15) is 31.2 Å². The Morgan fingerprint density at radius 1 is 1.35 bits per heavy atom. The van der Waals surface area contributed by atoms with Gasteiger partial charge in [0, 0.05) is 18.2 Å². The van der Waals surface area contributed by atoms with Crippen LogP contribution in [0.5, 0.6) is 5.75 Å². The maximum Gasteiger partial charge on any atom is 0.317 e. The van der Waals surface area contributed by atoms with E-state index in [-0.39, 0.29) is 17.8 Å². The number of aromatic nitrogens is 2. The summed E-state index contributed by atoms with van der Waals surface area (Å²) in [6.07, 6.45) is 2.60. The molecule has 0 unspecified atom stereocenters. The standard InChI is InChI=1S/C16H18N2O2/c1-16(8-9-16)14-10-12(18(2)17-14)11-15(19)20-13-6-4-3-5-7-13/h3-7,10H,8-9,11H2,1-2H3. The summed E-state index contributed by atoms with van der Waals surface area (Å²) in [6, 6.07) is 11.2. The first-order chi connectivity index (χ1) is 9.57. The summed E-state index contributed by atoms with van der Waals surface area (Å²) in [6.45, 7) is 2.21. The average Bonchev–Trinajstić information content (AvgIpc) is 3.07. The van der Waals surface area contributed by atoms with Crippen LogP contribution in [0.15, 0.2) is 36.4 Å². The Hall–Kier alpha value is -2.10. The first-order valence-corrected chi connectivity index (χ1v) is 6.86. The van der Waals surface area contributed by atoms with Crippen LogP contribution in [0.4, 0.5) is 0 Å². The first kappa shape index (κ1) is 12.9. The SMILES string of the molecule is Cn1nc(C2(C)CC2)cc1CC(=O)Oc1ccccc1. The maximum absolute atomic E-state index is 11.9. The number of aryl methyl sites for hydroxylation is 1. The van der Waals surface area contributed by atoms with Gasteiger partial charge in [-0.1, -0.05) is 25.1 Å². The van der Waals surface area contributed by atoms with E-state index in [9.17, 15) is 4.79 Å². The highest BCUT2D eigenvalue weighted by atomic mass is 16.5. The molecule has 3 rings (SSSR count). The van der Waals surface area contributed by atoms with E-state index < -0.39 is 0 Å². The van der Waals surface area contributed by atoms with Gasteiger partial charge in [0.2, 0.25) is 0 Å². The Balaban J connectivity index is 1.68. The number of esters is 1. The van der Waals surface area contributed by atoms with Crippen molar-refractivity contribution in [2.24, 2.45) is 7.05 Å². The lowest BCUT2D eigenvalue weighted by atomic mass is 10.1. The molecule has 2 aromatic rings.